The Balaban J connectivity index is 1.71. The third kappa shape index (κ3) is 7.12. The minimum absolute atomic E-state index is 0.194. The van der Waals surface area contributed by atoms with Gasteiger partial charge in [0, 0.05) is 22.6 Å². The van der Waals surface area contributed by atoms with Crippen molar-refractivity contribution in [3.8, 4) is 11.6 Å². The normalized spacial score (nSPS) is 12.5. The van der Waals surface area contributed by atoms with Crippen LogP contribution in [0.5, 0.6) is 11.6 Å². The number of nitrogens with zero attached hydrogens (tertiary/aromatic N) is 2. The lowest BCUT2D eigenvalue weighted by atomic mass is 10.1. The molecule has 1 heterocycles. The summed E-state index contributed by atoms with van der Waals surface area (Å²) in [6, 6.07) is 10.8. The second-order valence-corrected chi connectivity index (χ2v) is 7.29. The van der Waals surface area contributed by atoms with Gasteiger partial charge in [-0.15, -0.1) is 10.2 Å². The van der Waals surface area contributed by atoms with Crippen molar-refractivity contribution in [1.29, 1.82) is 0 Å². The Kier molecular flexibility index (Phi) is 7.58. The Labute approximate surface area is 161 Å². The summed E-state index contributed by atoms with van der Waals surface area (Å²) in [6.07, 6.45) is -0.650. The van der Waals surface area contributed by atoms with Gasteiger partial charge in [-0.25, -0.2) is 5.84 Å². The summed E-state index contributed by atoms with van der Waals surface area (Å²) >= 11 is 3.38. The fraction of sp³-hybridized carbons (Fsp3) is 0.412. The van der Waals surface area contributed by atoms with Crippen LogP contribution in [0.25, 0.3) is 0 Å². The first-order valence-electron chi connectivity index (χ1n) is 8.12. The number of halogens is 1. The highest BCUT2D eigenvalue weighted by molar-refractivity contribution is 9.10. The summed E-state index contributed by atoms with van der Waals surface area (Å²) < 4.78 is 12.1. The number of nitrogens with two attached hydrogens (primary N) is 1. The molecule has 0 amide bonds. The Hall–Kier alpha value is -1.94. The van der Waals surface area contributed by atoms with E-state index in [1.165, 1.54) is 0 Å². The number of nitrogen functional groups attached to an aromatic ring is 1. The van der Waals surface area contributed by atoms with Crippen molar-refractivity contribution in [2.75, 3.05) is 25.2 Å². The number of aliphatic hydroxyl groups is 1. The molecule has 0 aliphatic carbocycles. The highest BCUT2D eigenvalue weighted by Crippen LogP contribution is 2.18. The zero-order valence-electron chi connectivity index (χ0n) is 14.8. The molecule has 0 aliphatic heterocycles. The van der Waals surface area contributed by atoms with Gasteiger partial charge in [-0.05, 0) is 38.1 Å². The number of nitrogens with one attached hydrogen (secondary N) is 2. The first-order chi connectivity index (χ1) is 12.4. The van der Waals surface area contributed by atoms with E-state index in [-0.39, 0.29) is 12.1 Å². The van der Waals surface area contributed by atoms with Crippen LogP contribution in [0.3, 0.4) is 0 Å². The van der Waals surface area contributed by atoms with Crippen LogP contribution in [-0.2, 0) is 0 Å². The number of benzene rings is 1. The molecule has 0 spiro atoms. The number of hydrogen-bond acceptors (Lipinski definition) is 8. The minimum Gasteiger partial charge on any atom is -0.491 e. The number of hydrazine groups is 1. The molecule has 1 unspecified atom stereocenters. The van der Waals surface area contributed by atoms with Crippen LogP contribution in [0.15, 0.2) is 40.9 Å². The van der Waals surface area contributed by atoms with E-state index in [9.17, 15) is 5.11 Å². The number of aliphatic hydroxyl groups excluding tert-OH is 1. The van der Waals surface area contributed by atoms with Crippen LogP contribution in [0, 0.1) is 0 Å². The molecule has 142 valence electrons. The van der Waals surface area contributed by atoms with E-state index in [1.807, 2.05) is 38.1 Å². The average Bonchev–Trinajstić information content (AvgIpc) is 2.64. The van der Waals surface area contributed by atoms with Gasteiger partial charge < -0.3 is 25.3 Å². The smallest absolute Gasteiger partial charge is 0.233 e. The van der Waals surface area contributed by atoms with Crippen LogP contribution in [0.1, 0.15) is 13.8 Å². The van der Waals surface area contributed by atoms with Crippen molar-refractivity contribution < 1.29 is 14.6 Å². The van der Waals surface area contributed by atoms with Crippen molar-refractivity contribution >= 4 is 21.7 Å². The summed E-state index contributed by atoms with van der Waals surface area (Å²) in [5.41, 5.74) is 2.03. The van der Waals surface area contributed by atoms with Crippen molar-refractivity contribution in [1.82, 2.24) is 15.5 Å². The van der Waals surface area contributed by atoms with Gasteiger partial charge in [-0.2, -0.15) is 0 Å². The zero-order valence-corrected chi connectivity index (χ0v) is 16.4. The molecule has 8 nitrogen and oxygen atoms in total. The molecule has 0 aliphatic rings. The maximum atomic E-state index is 10.1. The number of hydrogen-bond donors (Lipinski definition) is 4. The average molecular weight is 426 g/mol. The molecule has 1 aromatic carbocycles. The standard InChI is InChI=1S/C17H24BrN5O3/c1-17(2,11-26-16-7-6-15(21-19)22-23-16)20-9-13(24)10-25-14-5-3-4-12(18)8-14/h3-8,13,20,24H,9-11,19H2,1-2H3,(H,21,22). The molecule has 5 N–H and O–H groups in total. The van der Waals surface area contributed by atoms with Crippen LogP contribution in [-0.4, -0.2) is 46.7 Å². The van der Waals surface area contributed by atoms with E-state index < -0.39 is 6.10 Å². The first-order valence-corrected chi connectivity index (χ1v) is 8.92. The van der Waals surface area contributed by atoms with Gasteiger partial charge in [0.15, 0.2) is 5.82 Å². The van der Waals surface area contributed by atoms with Crippen molar-refractivity contribution in [2.45, 2.75) is 25.5 Å². The van der Waals surface area contributed by atoms with E-state index >= 15 is 0 Å². The maximum Gasteiger partial charge on any atom is 0.233 e. The lowest BCUT2D eigenvalue weighted by molar-refractivity contribution is 0.0922. The quantitative estimate of drug-likeness (QED) is 0.336. The molecular formula is C17H24BrN5O3. The highest BCUT2D eigenvalue weighted by atomic mass is 79.9. The lowest BCUT2D eigenvalue weighted by Gasteiger charge is -2.27. The molecule has 9 heteroatoms. The van der Waals surface area contributed by atoms with Gasteiger partial charge in [0.1, 0.15) is 25.1 Å². The summed E-state index contributed by atoms with van der Waals surface area (Å²) in [7, 11) is 0. The molecule has 0 saturated carbocycles. The van der Waals surface area contributed by atoms with Crippen LogP contribution >= 0.6 is 15.9 Å². The molecule has 1 atom stereocenters. The second kappa shape index (κ2) is 9.67. The number of β-amino-alcohol motifs (C(OH)–C–C–N with tert-alkyl or cyclic N) is 1. The molecule has 0 radical (unpaired) electrons. The molecule has 0 saturated heterocycles. The van der Waals surface area contributed by atoms with E-state index in [1.54, 1.807) is 12.1 Å². The summed E-state index contributed by atoms with van der Waals surface area (Å²) in [5, 5.41) is 21.1. The Morgan fingerprint density at radius 3 is 2.69 bits per heavy atom. The van der Waals surface area contributed by atoms with Crippen LogP contribution in [0.2, 0.25) is 0 Å². The van der Waals surface area contributed by atoms with Gasteiger partial charge in [0.2, 0.25) is 5.88 Å². The number of aromatic nitrogens is 2. The third-order valence-electron chi connectivity index (χ3n) is 3.42. The van der Waals surface area contributed by atoms with Gasteiger partial charge in [-0.1, -0.05) is 22.0 Å². The maximum absolute atomic E-state index is 10.1. The molecule has 0 bridgehead atoms. The Morgan fingerprint density at radius 2 is 2.04 bits per heavy atom. The molecule has 2 aromatic rings. The number of ether oxygens (including phenoxy) is 2. The summed E-state index contributed by atoms with van der Waals surface area (Å²) in [4.78, 5) is 0. The number of anilines is 1. The molecule has 1 aromatic heterocycles. The van der Waals surface area contributed by atoms with Crippen LogP contribution < -0.4 is 26.1 Å². The van der Waals surface area contributed by atoms with E-state index in [0.717, 1.165) is 4.47 Å². The SMILES string of the molecule is CC(C)(COc1ccc(NN)nn1)NCC(O)COc1cccc(Br)c1. The molecule has 0 fully saturated rings. The van der Waals surface area contributed by atoms with Crippen LogP contribution in [0.4, 0.5) is 5.82 Å². The molecular weight excluding hydrogens is 402 g/mol. The topological polar surface area (TPSA) is 115 Å². The van der Waals surface area contributed by atoms with Crippen molar-refractivity contribution in [3.05, 3.63) is 40.9 Å². The molecule has 26 heavy (non-hydrogen) atoms. The predicted molar refractivity (Wildman–Crippen MR) is 103 cm³/mol. The van der Waals surface area contributed by atoms with E-state index in [4.69, 9.17) is 15.3 Å². The zero-order chi connectivity index (χ0) is 19.0. The fourth-order valence-corrected chi connectivity index (χ4v) is 2.36. The number of rotatable bonds is 10. The van der Waals surface area contributed by atoms with Gasteiger partial charge in [0.05, 0.1) is 0 Å². The predicted octanol–water partition coefficient (Wildman–Crippen LogP) is 1.71. The van der Waals surface area contributed by atoms with E-state index in [0.29, 0.717) is 30.6 Å². The monoisotopic (exact) mass is 425 g/mol. The third-order valence-corrected chi connectivity index (χ3v) is 3.92. The largest absolute Gasteiger partial charge is 0.491 e. The van der Waals surface area contributed by atoms with Gasteiger partial charge >= 0.3 is 0 Å². The molecule has 2 rings (SSSR count). The van der Waals surface area contributed by atoms with E-state index in [2.05, 4.69) is 36.9 Å². The Bertz CT molecular complexity index is 684. The van der Waals surface area contributed by atoms with Crippen molar-refractivity contribution in [3.63, 3.8) is 0 Å². The van der Waals surface area contributed by atoms with Gasteiger partial charge in [-0.3, -0.25) is 0 Å². The highest BCUT2D eigenvalue weighted by Gasteiger charge is 2.20. The lowest BCUT2D eigenvalue weighted by Crippen LogP contribution is -2.48. The van der Waals surface area contributed by atoms with Crippen molar-refractivity contribution in [2.24, 2.45) is 5.84 Å². The first kappa shape index (κ1) is 20.4. The van der Waals surface area contributed by atoms with Gasteiger partial charge in [0.25, 0.3) is 0 Å². The second-order valence-electron chi connectivity index (χ2n) is 6.38. The summed E-state index contributed by atoms with van der Waals surface area (Å²) in [5.74, 6) is 6.81. The summed E-state index contributed by atoms with van der Waals surface area (Å²) in [6.45, 7) is 4.86. The minimum atomic E-state index is -0.650. The Morgan fingerprint density at radius 1 is 1.23 bits per heavy atom. The fourth-order valence-electron chi connectivity index (χ4n) is 1.98.